The van der Waals surface area contributed by atoms with Crippen molar-refractivity contribution in [3.63, 3.8) is 0 Å². The second-order valence-electron chi connectivity index (χ2n) is 19.5. The van der Waals surface area contributed by atoms with E-state index in [9.17, 15) is 0 Å². The van der Waals surface area contributed by atoms with Crippen molar-refractivity contribution in [1.82, 2.24) is 0 Å². The van der Waals surface area contributed by atoms with Gasteiger partial charge in [0.1, 0.15) is 0 Å². The van der Waals surface area contributed by atoms with Crippen LogP contribution in [0.1, 0.15) is 209 Å². The lowest BCUT2D eigenvalue weighted by atomic mass is 9.77. The fraction of sp³-hybridized carbons (Fsp3) is 0.679. The van der Waals surface area contributed by atoms with E-state index in [1.165, 1.54) is 128 Å². The second kappa shape index (κ2) is 26.7. The van der Waals surface area contributed by atoms with E-state index < -0.39 is 18.3 Å². The standard InChI is InChI=1S/C56H87BO6/c1-9-13-17-21-25-29-35-58-51-40-47-45-34-33-44(57-62-55(5,6)56(7,8)63-57)39-46(45)48-41-52(59-36-30-26-22-18-14-10-2)54(61-38-32-28-24-20-16-12-4)43-50(48)49(47)42-53(51)60-37-31-27-23-19-15-11-3/h33-34,39-43H,9-32,35-38H2,1-8H3. The Kier molecular flexibility index (Phi) is 21.6. The molecule has 5 rings (SSSR count). The van der Waals surface area contributed by atoms with Gasteiger partial charge in [0.05, 0.1) is 37.6 Å². The predicted octanol–water partition coefficient (Wildman–Crippen LogP) is 16.4. The maximum absolute atomic E-state index is 6.73. The number of hydrogen-bond acceptors (Lipinski definition) is 6. The van der Waals surface area contributed by atoms with Crippen molar-refractivity contribution in [2.75, 3.05) is 26.4 Å². The minimum absolute atomic E-state index is 0.438. The van der Waals surface area contributed by atoms with Crippen LogP contribution in [0.2, 0.25) is 0 Å². The molecule has 0 aromatic heterocycles. The van der Waals surface area contributed by atoms with Crippen LogP contribution in [0.5, 0.6) is 23.0 Å². The molecule has 0 atom stereocenters. The van der Waals surface area contributed by atoms with E-state index in [1.54, 1.807) is 0 Å². The van der Waals surface area contributed by atoms with Crippen molar-refractivity contribution in [2.24, 2.45) is 0 Å². The zero-order valence-corrected chi connectivity index (χ0v) is 41.4. The third-order valence-corrected chi connectivity index (χ3v) is 13.6. The van der Waals surface area contributed by atoms with Crippen molar-refractivity contribution >= 4 is 44.9 Å². The summed E-state index contributed by atoms with van der Waals surface area (Å²) in [7, 11) is -0.470. The molecule has 350 valence electrons. The van der Waals surface area contributed by atoms with Gasteiger partial charge in [-0.15, -0.1) is 0 Å². The SMILES string of the molecule is CCCCCCCCOc1cc2c3ccc(B4OC(C)(C)C(C)(C)O4)cc3c3cc(OCCCCCCCC)c(OCCCCCCCC)cc3c2cc1OCCCCCCCC. The summed E-state index contributed by atoms with van der Waals surface area (Å²) in [4.78, 5) is 0. The molecule has 63 heavy (non-hydrogen) atoms. The van der Waals surface area contributed by atoms with Gasteiger partial charge < -0.3 is 28.3 Å². The Morgan fingerprint density at radius 2 is 0.619 bits per heavy atom. The van der Waals surface area contributed by atoms with Crippen LogP contribution in [-0.2, 0) is 9.31 Å². The van der Waals surface area contributed by atoms with Crippen LogP contribution < -0.4 is 24.4 Å². The molecule has 0 N–H and O–H groups in total. The molecule has 1 aliphatic rings. The van der Waals surface area contributed by atoms with Crippen LogP contribution in [0.15, 0.2) is 42.5 Å². The summed E-state index contributed by atoms with van der Waals surface area (Å²) in [6, 6.07) is 15.7. The number of hydrogen-bond donors (Lipinski definition) is 0. The molecule has 1 aliphatic heterocycles. The zero-order chi connectivity index (χ0) is 44.9. The highest BCUT2D eigenvalue weighted by Crippen LogP contribution is 2.45. The number of fused-ring (bicyclic) bond motifs is 6. The van der Waals surface area contributed by atoms with Gasteiger partial charge in [0.15, 0.2) is 23.0 Å². The molecular formula is C56H87BO6. The lowest BCUT2D eigenvalue weighted by Gasteiger charge is -2.32. The predicted molar refractivity (Wildman–Crippen MR) is 270 cm³/mol. The molecule has 7 heteroatoms. The molecule has 4 aromatic rings. The van der Waals surface area contributed by atoms with E-state index in [1.807, 2.05) is 0 Å². The zero-order valence-electron chi connectivity index (χ0n) is 41.4. The van der Waals surface area contributed by atoms with Gasteiger partial charge >= 0.3 is 7.12 Å². The van der Waals surface area contributed by atoms with Crippen LogP contribution in [0.25, 0.3) is 32.3 Å². The molecule has 1 heterocycles. The first kappa shape index (κ1) is 50.8. The molecule has 0 unspecified atom stereocenters. The van der Waals surface area contributed by atoms with Crippen LogP contribution in [0.4, 0.5) is 0 Å². The van der Waals surface area contributed by atoms with Crippen molar-refractivity contribution in [1.29, 1.82) is 0 Å². The Bertz CT molecular complexity index is 1920. The van der Waals surface area contributed by atoms with E-state index in [0.717, 1.165) is 86.5 Å². The minimum Gasteiger partial charge on any atom is -0.490 e. The Labute approximate surface area is 384 Å². The van der Waals surface area contributed by atoms with E-state index in [4.69, 9.17) is 28.3 Å². The lowest BCUT2D eigenvalue weighted by molar-refractivity contribution is 0.00578. The Morgan fingerprint density at radius 3 is 0.937 bits per heavy atom. The quantitative estimate of drug-likeness (QED) is 0.0270. The molecule has 0 radical (unpaired) electrons. The maximum Gasteiger partial charge on any atom is 0.494 e. The molecule has 1 saturated heterocycles. The summed E-state index contributed by atoms with van der Waals surface area (Å²) in [5.41, 5.74) is 0.135. The van der Waals surface area contributed by atoms with Crippen molar-refractivity contribution < 1.29 is 28.3 Å². The van der Waals surface area contributed by atoms with E-state index in [2.05, 4.69) is 97.9 Å². The van der Waals surface area contributed by atoms with Gasteiger partial charge in [-0.2, -0.15) is 0 Å². The molecule has 6 nitrogen and oxygen atoms in total. The summed E-state index contributed by atoms with van der Waals surface area (Å²) in [5.74, 6) is 3.30. The summed E-state index contributed by atoms with van der Waals surface area (Å²) >= 11 is 0. The summed E-state index contributed by atoms with van der Waals surface area (Å²) in [6.07, 6.45) is 29.3. The van der Waals surface area contributed by atoms with Gasteiger partial charge in [-0.25, -0.2) is 0 Å². The number of unbranched alkanes of at least 4 members (excludes halogenated alkanes) is 20. The van der Waals surface area contributed by atoms with Gasteiger partial charge in [-0.3, -0.25) is 0 Å². The fourth-order valence-electron chi connectivity index (χ4n) is 8.87. The van der Waals surface area contributed by atoms with Gasteiger partial charge in [0.25, 0.3) is 0 Å². The molecule has 1 fully saturated rings. The monoisotopic (exact) mass is 867 g/mol. The van der Waals surface area contributed by atoms with Crippen LogP contribution in [-0.4, -0.2) is 44.7 Å². The van der Waals surface area contributed by atoms with E-state index in [0.29, 0.717) is 26.4 Å². The average molecular weight is 867 g/mol. The van der Waals surface area contributed by atoms with E-state index >= 15 is 0 Å². The second-order valence-corrected chi connectivity index (χ2v) is 19.5. The molecule has 0 spiro atoms. The maximum atomic E-state index is 6.73. The molecule has 0 amide bonds. The summed E-state index contributed by atoms with van der Waals surface area (Å²) in [6.45, 7) is 20.3. The van der Waals surface area contributed by atoms with Crippen LogP contribution >= 0.6 is 0 Å². The van der Waals surface area contributed by atoms with Gasteiger partial charge in [0.2, 0.25) is 0 Å². The highest BCUT2D eigenvalue weighted by atomic mass is 16.7. The highest BCUT2D eigenvalue weighted by Gasteiger charge is 2.51. The summed E-state index contributed by atoms with van der Waals surface area (Å²) < 4.78 is 40.1. The van der Waals surface area contributed by atoms with Gasteiger partial charge in [-0.05, 0) is 115 Å². The topological polar surface area (TPSA) is 55.4 Å². The van der Waals surface area contributed by atoms with Crippen molar-refractivity contribution in [2.45, 2.75) is 221 Å². The number of benzene rings is 4. The third kappa shape index (κ3) is 14.9. The average Bonchev–Trinajstić information content (AvgIpc) is 3.50. The minimum atomic E-state index is -0.470. The summed E-state index contributed by atoms with van der Waals surface area (Å²) in [5, 5.41) is 6.83. The Morgan fingerprint density at radius 1 is 0.349 bits per heavy atom. The largest absolute Gasteiger partial charge is 0.494 e. The first-order chi connectivity index (χ1) is 30.6. The highest BCUT2D eigenvalue weighted by molar-refractivity contribution is 6.62. The van der Waals surface area contributed by atoms with Gasteiger partial charge in [0, 0.05) is 0 Å². The van der Waals surface area contributed by atoms with Gasteiger partial charge in [-0.1, -0.05) is 174 Å². The Balaban J connectivity index is 1.59. The van der Waals surface area contributed by atoms with Crippen LogP contribution in [0, 0.1) is 0 Å². The van der Waals surface area contributed by atoms with Crippen molar-refractivity contribution in [3.8, 4) is 23.0 Å². The number of ether oxygens (including phenoxy) is 4. The Hall–Kier alpha value is -3.16. The third-order valence-electron chi connectivity index (χ3n) is 13.6. The molecule has 0 bridgehead atoms. The fourth-order valence-corrected chi connectivity index (χ4v) is 8.87. The van der Waals surface area contributed by atoms with Crippen molar-refractivity contribution in [3.05, 3.63) is 42.5 Å². The van der Waals surface area contributed by atoms with Crippen LogP contribution in [0.3, 0.4) is 0 Å². The molecule has 0 aliphatic carbocycles. The molecule has 0 saturated carbocycles. The first-order valence-corrected chi connectivity index (χ1v) is 26.0. The normalized spacial score (nSPS) is 14.6. The lowest BCUT2D eigenvalue weighted by Crippen LogP contribution is -2.41. The smallest absolute Gasteiger partial charge is 0.490 e. The molecule has 4 aromatic carbocycles. The number of rotatable bonds is 33. The molecular weight excluding hydrogens is 779 g/mol. The first-order valence-electron chi connectivity index (χ1n) is 26.0. The van der Waals surface area contributed by atoms with E-state index in [-0.39, 0.29) is 0 Å².